The fraction of sp³-hybridized carbons (Fsp3) is 0.545. The van der Waals surface area contributed by atoms with Gasteiger partial charge in [0, 0.05) is 18.3 Å². The van der Waals surface area contributed by atoms with Crippen molar-refractivity contribution in [2.45, 2.75) is 26.3 Å². The largest absolute Gasteiger partial charge is 0.392 e. The average Bonchev–Trinajstić information content (AvgIpc) is 2.73. The third-order valence-electron chi connectivity index (χ3n) is 3.31. The number of nitrogens with one attached hydrogen (secondary N) is 2. The lowest BCUT2D eigenvalue weighted by molar-refractivity contribution is -0.133. The van der Waals surface area contributed by atoms with E-state index in [9.17, 15) is 4.79 Å². The number of hydrogen-bond acceptors (Lipinski definition) is 3. The summed E-state index contributed by atoms with van der Waals surface area (Å²) in [4.78, 5) is 12.4. The molecule has 1 aromatic heterocycles. The van der Waals surface area contributed by atoms with Crippen molar-refractivity contribution < 1.29 is 4.79 Å². The first kappa shape index (κ1) is 12.0. The average molecular weight is 252 g/mol. The topological polar surface area (TPSA) is 83.8 Å². The van der Waals surface area contributed by atoms with Crippen LogP contribution in [0.25, 0.3) is 0 Å². The molecule has 0 radical (unpaired) electrons. The molecule has 0 saturated heterocycles. The maximum atomic E-state index is 12.1. The van der Waals surface area contributed by atoms with Crippen LogP contribution in [-0.4, -0.2) is 21.1 Å². The Kier molecular flexibility index (Phi) is 3.15. The molecule has 5 nitrogen and oxygen atoms in total. The molecule has 1 saturated carbocycles. The van der Waals surface area contributed by atoms with E-state index >= 15 is 0 Å². The lowest BCUT2D eigenvalue weighted by Gasteiger charge is -2.44. The summed E-state index contributed by atoms with van der Waals surface area (Å²) in [6.07, 6.45) is 4.92. The number of nitrogens with zero attached hydrogens (tertiary/aromatic N) is 1. The second-order valence-electron chi connectivity index (χ2n) is 4.75. The lowest BCUT2D eigenvalue weighted by atomic mass is 9.62. The number of carbonyl (C=O) groups excluding carboxylic acids is 1. The minimum atomic E-state index is -0.627. The minimum absolute atomic E-state index is 0.0655. The van der Waals surface area contributed by atoms with Crippen molar-refractivity contribution in [3.8, 4) is 0 Å². The third kappa shape index (κ3) is 2.17. The van der Waals surface area contributed by atoms with Gasteiger partial charge in [-0.1, -0.05) is 19.1 Å². The molecule has 6 heteroatoms. The van der Waals surface area contributed by atoms with E-state index in [1.54, 1.807) is 12.4 Å². The van der Waals surface area contributed by atoms with E-state index in [2.05, 4.69) is 22.4 Å². The summed E-state index contributed by atoms with van der Waals surface area (Å²) >= 11 is 5.02. The Morgan fingerprint density at radius 1 is 1.76 bits per heavy atom. The standard InChI is InChI=1S/C11H16N4OS/c1-7-2-11(3-7,9(12)17)10(16)13-4-8-5-14-15-6-8/h5-7H,2-4H2,1H3,(H2,12,17)(H,13,16)(H,14,15). The molecule has 0 unspecified atom stereocenters. The molecular weight excluding hydrogens is 236 g/mol. The molecular formula is C11H16N4OS. The smallest absolute Gasteiger partial charge is 0.233 e. The fourth-order valence-corrected chi connectivity index (χ4v) is 2.61. The number of H-pyrrole nitrogens is 1. The first-order chi connectivity index (χ1) is 8.04. The van der Waals surface area contributed by atoms with Crippen LogP contribution in [0.1, 0.15) is 25.3 Å². The summed E-state index contributed by atoms with van der Waals surface area (Å²) in [6.45, 7) is 2.55. The summed E-state index contributed by atoms with van der Waals surface area (Å²) in [5.41, 5.74) is 6.00. The molecule has 1 aliphatic rings. The third-order valence-corrected chi connectivity index (χ3v) is 3.70. The fourth-order valence-electron chi connectivity index (χ4n) is 2.35. The molecule has 17 heavy (non-hydrogen) atoms. The van der Waals surface area contributed by atoms with E-state index in [0.717, 1.165) is 18.4 Å². The molecule has 2 rings (SSSR count). The van der Waals surface area contributed by atoms with Crippen LogP contribution in [-0.2, 0) is 11.3 Å². The molecule has 0 spiro atoms. The molecule has 1 aliphatic carbocycles. The Morgan fingerprint density at radius 2 is 2.47 bits per heavy atom. The van der Waals surface area contributed by atoms with Gasteiger partial charge in [0.2, 0.25) is 5.91 Å². The van der Waals surface area contributed by atoms with Gasteiger partial charge in [0.25, 0.3) is 0 Å². The molecule has 0 aliphatic heterocycles. The van der Waals surface area contributed by atoms with Gasteiger partial charge in [-0.2, -0.15) is 5.10 Å². The number of nitrogens with two attached hydrogens (primary N) is 1. The Hall–Kier alpha value is -1.43. The molecule has 0 aromatic carbocycles. The Labute approximate surface area is 105 Å². The van der Waals surface area contributed by atoms with Crippen LogP contribution in [0.5, 0.6) is 0 Å². The Bertz CT molecular complexity index is 423. The SMILES string of the molecule is CC1CC(C(=O)NCc2cn[nH]c2)(C(N)=S)C1. The molecule has 1 fully saturated rings. The molecule has 92 valence electrons. The van der Waals surface area contributed by atoms with E-state index in [1.807, 2.05) is 0 Å². The van der Waals surface area contributed by atoms with E-state index in [0.29, 0.717) is 17.5 Å². The molecule has 4 N–H and O–H groups in total. The maximum absolute atomic E-state index is 12.1. The number of thiocarbonyl (C=S) groups is 1. The first-order valence-corrected chi connectivity index (χ1v) is 6.01. The predicted octanol–water partition coefficient (Wildman–Crippen LogP) is 0.728. The molecule has 1 amide bonds. The van der Waals surface area contributed by atoms with Crippen LogP contribution < -0.4 is 11.1 Å². The number of aromatic nitrogens is 2. The van der Waals surface area contributed by atoms with Crippen LogP contribution in [0.15, 0.2) is 12.4 Å². The van der Waals surface area contributed by atoms with Gasteiger partial charge in [-0.3, -0.25) is 9.89 Å². The van der Waals surface area contributed by atoms with Gasteiger partial charge in [-0.05, 0) is 18.8 Å². The summed E-state index contributed by atoms with van der Waals surface area (Å²) in [5.74, 6) is 0.445. The van der Waals surface area contributed by atoms with Gasteiger partial charge in [-0.25, -0.2) is 0 Å². The maximum Gasteiger partial charge on any atom is 0.233 e. The highest BCUT2D eigenvalue weighted by Crippen LogP contribution is 2.45. The highest BCUT2D eigenvalue weighted by molar-refractivity contribution is 7.80. The normalized spacial score (nSPS) is 27.2. The highest BCUT2D eigenvalue weighted by Gasteiger charge is 2.50. The number of hydrogen-bond donors (Lipinski definition) is 3. The second kappa shape index (κ2) is 4.44. The van der Waals surface area contributed by atoms with Crippen molar-refractivity contribution in [1.82, 2.24) is 15.5 Å². The van der Waals surface area contributed by atoms with Crippen LogP contribution in [0.4, 0.5) is 0 Å². The Balaban J connectivity index is 1.96. The number of amides is 1. The Morgan fingerprint density at radius 3 is 2.94 bits per heavy atom. The summed E-state index contributed by atoms with van der Waals surface area (Å²) < 4.78 is 0. The van der Waals surface area contributed by atoms with Gasteiger partial charge < -0.3 is 11.1 Å². The van der Waals surface area contributed by atoms with E-state index < -0.39 is 5.41 Å². The van der Waals surface area contributed by atoms with Crippen LogP contribution in [0.3, 0.4) is 0 Å². The van der Waals surface area contributed by atoms with Crippen LogP contribution in [0, 0.1) is 11.3 Å². The summed E-state index contributed by atoms with van der Waals surface area (Å²) in [5, 5.41) is 9.38. The summed E-state index contributed by atoms with van der Waals surface area (Å²) in [6, 6.07) is 0. The van der Waals surface area contributed by atoms with Gasteiger partial charge in [-0.15, -0.1) is 0 Å². The zero-order valence-corrected chi connectivity index (χ0v) is 10.5. The monoisotopic (exact) mass is 252 g/mol. The molecule has 1 heterocycles. The van der Waals surface area contributed by atoms with Gasteiger partial charge in [0.1, 0.15) is 0 Å². The van der Waals surface area contributed by atoms with Crippen molar-refractivity contribution in [3.63, 3.8) is 0 Å². The van der Waals surface area contributed by atoms with E-state index in [4.69, 9.17) is 18.0 Å². The van der Waals surface area contributed by atoms with E-state index in [1.165, 1.54) is 0 Å². The van der Waals surface area contributed by atoms with Gasteiger partial charge in [0.15, 0.2) is 0 Å². The molecule has 1 aromatic rings. The van der Waals surface area contributed by atoms with Crippen molar-refractivity contribution in [1.29, 1.82) is 0 Å². The first-order valence-electron chi connectivity index (χ1n) is 5.60. The zero-order chi connectivity index (χ0) is 12.5. The number of carbonyl (C=O) groups is 1. The van der Waals surface area contributed by atoms with Gasteiger partial charge in [0.05, 0.1) is 16.6 Å². The van der Waals surface area contributed by atoms with Crippen molar-refractivity contribution in [2.75, 3.05) is 0 Å². The van der Waals surface area contributed by atoms with Crippen molar-refractivity contribution in [2.24, 2.45) is 17.1 Å². The highest BCUT2D eigenvalue weighted by atomic mass is 32.1. The quantitative estimate of drug-likeness (QED) is 0.690. The van der Waals surface area contributed by atoms with Crippen LogP contribution >= 0.6 is 12.2 Å². The van der Waals surface area contributed by atoms with Crippen molar-refractivity contribution in [3.05, 3.63) is 18.0 Å². The molecule has 0 bridgehead atoms. The zero-order valence-electron chi connectivity index (χ0n) is 9.69. The number of aromatic amines is 1. The molecule has 0 atom stereocenters. The summed E-state index contributed by atoms with van der Waals surface area (Å²) in [7, 11) is 0. The van der Waals surface area contributed by atoms with Gasteiger partial charge >= 0.3 is 0 Å². The van der Waals surface area contributed by atoms with Crippen molar-refractivity contribution >= 4 is 23.1 Å². The number of rotatable bonds is 4. The lowest BCUT2D eigenvalue weighted by Crippen LogP contribution is -2.55. The minimum Gasteiger partial charge on any atom is -0.392 e. The predicted molar refractivity (Wildman–Crippen MR) is 68.1 cm³/mol. The van der Waals surface area contributed by atoms with E-state index in [-0.39, 0.29) is 5.91 Å². The van der Waals surface area contributed by atoms with Crippen LogP contribution in [0.2, 0.25) is 0 Å². The second-order valence-corrected chi connectivity index (χ2v) is 5.19.